The third kappa shape index (κ3) is 4.53. The zero-order chi connectivity index (χ0) is 17.1. The van der Waals surface area contributed by atoms with Crippen LogP contribution in [0, 0.1) is 0 Å². The minimum atomic E-state index is -0.354. The van der Waals surface area contributed by atoms with Crippen LogP contribution >= 0.6 is 24.0 Å². The first-order valence-electron chi connectivity index (χ1n) is 7.98. The Morgan fingerprint density at radius 2 is 1.96 bits per heavy atom. The Hall–Kier alpha value is -1.59. The molecule has 0 aromatic heterocycles. The quantitative estimate of drug-likeness (QED) is 0.824. The molecular weight excluding hydrogens is 359 g/mol. The molecule has 0 radical (unpaired) electrons. The van der Waals surface area contributed by atoms with Gasteiger partial charge in [0.15, 0.2) is 0 Å². The number of benzene rings is 2. The molecule has 0 bridgehead atoms. The second kappa shape index (κ2) is 8.68. The fourth-order valence-electron chi connectivity index (χ4n) is 3.28. The Kier molecular flexibility index (Phi) is 6.85. The first-order valence-corrected chi connectivity index (χ1v) is 8.36. The summed E-state index contributed by atoms with van der Waals surface area (Å²) in [5.74, 6) is -0.0398. The van der Waals surface area contributed by atoms with Crippen molar-refractivity contribution in [3.05, 3.63) is 70.2 Å². The first-order chi connectivity index (χ1) is 11.6. The summed E-state index contributed by atoms with van der Waals surface area (Å²) in [6, 6.07) is 15.7. The lowest BCUT2D eigenvalue weighted by atomic mass is 9.95. The van der Waals surface area contributed by atoms with Crippen LogP contribution in [0.2, 0.25) is 5.02 Å². The number of hydrogen-bond acceptors (Lipinski definition) is 4. The Balaban J connectivity index is 0.00000225. The summed E-state index contributed by atoms with van der Waals surface area (Å²) >= 11 is 6.30. The maximum atomic E-state index is 11.7. The van der Waals surface area contributed by atoms with Gasteiger partial charge in [-0.25, -0.2) is 4.79 Å². The predicted molar refractivity (Wildman–Crippen MR) is 102 cm³/mol. The van der Waals surface area contributed by atoms with Gasteiger partial charge < -0.3 is 10.5 Å². The average Bonchev–Trinajstić information content (AvgIpc) is 2.97. The van der Waals surface area contributed by atoms with Crippen molar-refractivity contribution in [2.45, 2.75) is 18.5 Å². The van der Waals surface area contributed by atoms with Crippen molar-refractivity contribution in [2.75, 3.05) is 20.2 Å². The zero-order valence-electron chi connectivity index (χ0n) is 14.0. The highest BCUT2D eigenvalue weighted by atomic mass is 35.5. The van der Waals surface area contributed by atoms with E-state index < -0.39 is 0 Å². The van der Waals surface area contributed by atoms with E-state index in [2.05, 4.69) is 17.0 Å². The number of likely N-dealkylation sites (tertiary alicyclic amines) is 1. The number of esters is 1. The molecule has 3 rings (SSSR count). The SMILES string of the molecule is COC(=O)c1ccc(Cl)c(CN2C[C@@H](N)[C@H](c3ccccc3)C2)c1.Cl. The van der Waals surface area contributed by atoms with Gasteiger partial charge in [0.2, 0.25) is 0 Å². The molecule has 0 unspecified atom stereocenters. The topological polar surface area (TPSA) is 55.6 Å². The number of rotatable bonds is 4. The zero-order valence-corrected chi connectivity index (χ0v) is 15.6. The largest absolute Gasteiger partial charge is 0.465 e. The van der Waals surface area contributed by atoms with E-state index in [9.17, 15) is 4.79 Å². The van der Waals surface area contributed by atoms with Gasteiger partial charge in [-0.15, -0.1) is 12.4 Å². The smallest absolute Gasteiger partial charge is 0.337 e. The van der Waals surface area contributed by atoms with E-state index >= 15 is 0 Å². The number of hydrogen-bond donors (Lipinski definition) is 1. The van der Waals surface area contributed by atoms with Gasteiger partial charge in [-0.3, -0.25) is 4.90 Å². The van der Waals surface area contributed by atoms with Crippen LogP contribution in [-0.4, -0.2) is 37.1 Å². The summed E-state index contributed by atoms with van der Waals surface area (Å²) in [4.78, 5) is 14.0. The Morgan fingerprint density at radius 3 is 2.64 bits per heavy atom. The number of carbonyl (C=O) groups is 1. The first kappa shape index (κ1) is 19.7. The number of ether oxygens (including phenoxy) is 1. The number of nitrogens with two attached hydrogens (primary N) is 1. The van der Waals surface area contributed by atoms with E-state index in [1.165, 1.54) is 12.7 Å². The molecule has 1 heterocycles. The molecule has 2 aromatic carbocycles. The molecule has 25 heavy (non-hydrogen) atoms. The van der Waals surface area contributed by atoms with Gasteiger partial charge in [-0.05, 0) is 29.3 Å². The highest BCUT2D eigenvalue weighted by Gasteiger charge is 2.31. The van der Waals surface area contributed by atoms with Crippen LogP contribution in [0.25, 0.3) is 0 Å². The molecule has 134 valence electrons. The van der Waals surface area contributed by atoms with Gasteiger partial charge in [0, 0.05) is 36.6 Å². The van der Waals surface area contributed by atoms with Crippen molar-refractivity contribution in [1.82, 2.24) is 4.90 Å². The molecule has 0 aliphatic carbocycles. The Labute approximate surface area is 159 Å². The summed E-state index contributed by atoms with van der Waals surface area (Å²) in [6.07, 6.45) is 0. The molecule has 1 aliphatic heterocycles. The molecule has 2 atom stereocenters. The van der Waals surface area contributed by atoms with E-state index in [0.29, 0.717) is 23.0 Å². The van der Waals surface area contributed by atoms with Crippen LogP contribution in [-0.2, 0) is 11.3 Å². The summed E-state index contributed by atoms with van der Waals surface area (Å²) in [7, 11) is 1.38. The Morgan fingerprint density at radius 1 is 1.24 bits per heavy atom. The molecule has 0 saturated carbocycles. The predicted octanol–water partition coefficient (Wildman–Crippen LogP) is 3.48. The van der Waals surface area contributed by atoms with Crippen molar-refractivity contribution in [3.63, 3.8) is 0 Å². The fraction of sp³-hybridized carbons (Fsp3) is 0.316. The van der Waals surface area contributed by atoms with Crippen molar-refractivity contribution >= 4 is 30.0 Å². The molecule has 4 nitrogen and oxygen atoms in total. The second-order valence-electron chi connectivity index (χ2n) is 6.17. The maximum absolute atomic E-state index is 11.7. The van der Waals surface area contributed by atoms with E-state index in [-0.39, 0.29) is 24.4 Å². The summed E-state index contributed by atoms with van der Waals surface area (Å²) in [5, 5.41) is 0.652. The van der Waals surface area contributed by atoms with Crippen LogP contribution in [0.1, 0.15) is 27.4 Å². The fourth-order valence-corrected chi connectivity index (χ4v) is 3.45. The standard InChI is InChI=1S/C19H21ClN2O2.ClH/c1-24-19(23)14-7-8-17(20)15(9-14)10-22-11-16(18(21)12-22)13-5-3-2-4-6-13;/h2-9,16,18H,10-12,21H2,1H3;1H/t16-,18+;/m0./s1. The molecule has 2 N–H and O–H groups in total. The van der Waals surface area contributed by atoms with Gasteiger partial charge >= 0.3 is 5.97 Å². The number of nitrogens with zero attached hydrogens (tertiary/aromatic N) is 1. The number of carbonyl (C=O) groups excluding carboxylic acids is 1. The van der Waals surface area contributed by atoms with Gasteiger partial charge in [0.1, 0.15) is 0 Å². The lowest BCUT2D eigenvalue weighted by molar-refractivity contribution is 0.0600. The molecule has 1 aliphatic rings. The average molecular weight is 381 g/mol. The molecule has 1 fully saturated rings. The van der Waals surface area contributed by atoms with Crippen molar-refractivity contribution in [3.8, 4) is 0 Å². The highest BCUT2D eigenvalue weighted by molar-refractivity contribution is 6.31. The molecular formula is C19H22Cl2N2O2. The van der Waals surface area contributed by atoms with Gasteiger partial charge in [0.05, 0.1) is 12.7 Å². The maximum Gasteiger partial charge on any atom is 0.337 e. The Bertz CT molecular complexity index is 725. The molecule has 1 saturated heterocycles. The molecule has 0 spiro atoms. The summed E-state index contributed by atoms with van der Waals surface area (Å²) in [6.45, 7) is 2.35. The third-order valence-electron chi connectivity index (χ3n) is 4.53. The van der Waals surface area contributed by atoms with E-state index in [4.69, 9.17) is 22.1 Å². The van der Waals surface area contributed by atoms with Crippen molar-refractivity contribution in [1.29, 1.82) is 0 Å². The number of halogens is 2. The van der Waals surface area contributed by atoms with Crippen molar-refractivity contribution in [2.24, 2.45) is 5.73 Å². The highest BCUT2D eigenvalue weighted by Crippen LogP contribution is 2.29. The minimum absolute atomic E-state index is 0. The van der Waals surface area contributed by atoms with Crippen LogP contribution in [0.15, 0.2) is 48.5 Å². The van der Waals surface area contributed by atoms with E-state index in [1.54, 1.807) is 18.2 Å². The lowest BCUT2D eigenvalue weighted by Gasteiger charge is -2.17. The van der Waals surface area contributed by atoms with Crippen LogP contribution in [0.5, 0.6) is 0 Å². The summed E-state index contributed by atoms with van der Waals surface area (Å²) in [5.41, 5.74) is 9.04. The van der Waals surface area contributed by atoms with Crippen LogP contribution in [0.4, 0.5) is 0 Å². The summed E-state index contributed by atoms with van der Waals surface area (Å²) < 4.78 is 4.78. The normalized spacial score (nSPS) is 20.1. The van der Waals surface area contributed by atoms with Gasteiger partial charge in [0.25, 0.3) is 0 Å². The monoisotopic (exact) mass is 380 g/mol. The van der Waals surface area contributed by atoms with Crippen LogP contribution < -0.4 is 5.73 Å². The molecule has 0 amide bonds. The van der Waals surface area contributed by atoms with E-state index in [1.807, 2.05) is 18.2 Å². The van der Waals surface area contributed by atoms with Crippen LogP contribution in [0.3, 0.4) is 0 Å². The van der Waals surface area contributed by atoms with Crippen molar-refractivity contribution < 1.29 is 9.53 Å². The van der Waals surface area contributed by atoms with E-state index in [0.717, 1.165) is 18.7 Å². The second-order valence-corrected chi connectivity index (χ2v) is 6.58. The molecule has 6 heteroatoms. The number of methoxy groups -OCH3 is 1. The minimum Gasteiger partial charge on any atom is -0.465 e. The van der Waals surface area contributed by atoms with Gasteiger partial charge in [-0.2, -0.15) is 0 Å². The molecule has 2 aromatic rings. The third-order valence-corrected chi connectivity index (χ3v) is 4.90. The van der Waals surface area contributed by atoms with Gasteiger partial charge in [-0.1, -0.05) is 41.9 Å². The lowest BCUT2D eigenvalue weighted by Crippen LogP contribution is -2.28.